The molecule has 0 atom stereocenters. The number of rotatable bonds is 10. The minimum Gasteiger partial charge on any atom is -0.385 e. The van der Waals surface area contributed by atoms with E-state index in [-0.39, 0.29) is 11.8 Å². The summed E-state index contributed by atoms with van der Waals surface area (Å²) in [7, 11) is 0. The molecule has 0 saturated carbocycles. The maximum Gasteiger partial charge on any atom is 0.254 e. The molecule has 0 radical (unpaired) electrons. The molecule has 0 aliphatic rings. The summed E-state index contributed by atoms with van der Waals surface area (Å²) in [6.45, 7) is 7.72. The first-order valence-electron chi connectivity index (χ1n) is 12.0. The molecule has 0 bridgehead atoms. The Labute approximate surface area is 208 Å². The fourth-order valence-electron chi connectivity index (χ4n) is 4.21. The van der Waals surface area contributed by atoms with Crippen molar-refractivity contribution in [3.8, 4) is 0 Å². The first kappa shape index (κ1) is 24.0. The van der Waals surface area contributed by atoms with Crippen molar-refractivity contribution in [3.63, 3.8) is 0 Å². The van der Waals surface area contributed by atoms with E-state index in [2.05, 4.69) is 84.7 Å². The lowest BCUT2D eigenvalue weighted by Gasteiger charge is -2.29. The molecular formula is C32H32N2O. The van der Waals surface area contributed by atoms with E-state index in [4.69, 9.17) is 0 Å². The van der Waals surface area contributed by atoms with E-state index in [0.29, 0.717) is 18.7 Å². The maximum absolute atomic E-state index is 13.7. The molecule has 35 heavy (non-hydrogen) atoms. The smallest absolute Gasteiger partial charge is 0.254 e. The molecule has 176 valence electrons. The van der Waals surface area contributed by atoms with E-state index >= 15 is 0 Å². The van der Waals surface area contributed by atoms with Crippen molar-refractivity contribution in [2.45, 2.75) is 25.9 Å². The van der Waals surface area contributed by atoms with Crippen molar-refractivity contribution in [2.24, 2.45) is 0 Å². The molecule has 0 spiro atoms. The average molecular weight is 461 g/mol. The SMILES string of the molecule is C=C(C)NCc1ccc(CN(CC(c2ccccc2)c2ccccc2)C(=O)c2ccccc2)cc1. The average Bonchev–Trinajstić information content (AvgIpc) is 2.91. The van der Waals surface area contributed by atoms with Crippen molar-refractivity contribution in [1.82, 2.24) is 10.2 Å². The summed E-state index contributed by atoms with van der Waals surface area (Å²) in [5.41, 5.74) is 6.34. The molecule has 4 aromatic rings. The second-order valence-corrected chi connectivity index (χ2v) is 8.88. The number of amides is 1. The van der Waals surface area contributed by atoms with Gasteiger partial charge in [-0.1, -0.05) is 110 Å². The normalized spacial score (nSPS) is 10.7. The van der Waals surface area contributed by atoms with Crippen LogP contribution in [0.1, 0.15) is 45.5 Å². The molecule has 4 rings (SSSR count). The molecular weight excluding hydrogens is 428 g/mol. The van der Waals surface area contributed by atoms with Crippen molar-refractivity contribution in [2.75, 3.05) is 6.54 Å². The highest BCUT2D eigenvalue weighted by Gasteiger charge is 2.23. The fourth-order valence-corrected chi connectivity index (χ4v) is 4.21. The Bertz CT molecular complexity index is 1180. The lowest BCUT2D eigenvalue weighted by molar-refractivity contribution is 0.0737. The van der Waals surface area contributed by atoms with Gasteiger partial charge in [-0.05, 0) is 41.3 Å². The number of allylic oxidation sites excluding steroid dienone is 1. The van der Waals surface area contributed by atoms with Crippen molar-refractivity contribution >= 4 is 5.91 Å². The predicted octanol–water partition coefficient (Wildman–Crippen LogP) is 6.78. The number of carbonyl (C=O) groups is 1. The molecule has 4 aromatic carbocycles. The molecule has 0 unspecified atom stereocenters. The molecule has 0 heterocycles. The minimum absolute atomic E-state index is 0.0375. The molecule has 1 N–H and O–H groups in total. The zero-order valence-corrected chi connectivity index (χ0v) is 20.2. The summed E-state index contributed by atoms with van der Waals surface area (Å²) in [4.78, 5) is 15.7. The molecule has 3 nitrogen and oxygen atoms in total. The van der Waals surface area contributed by atoms with Gasteiger partial charge in [0.1, 0.15) is 0 Å². The second kappa shape index (κ2) is 11.8. The van der Waals surface area contributed by atoms with Crippen LogP contribution in [0.5, 0.6) is 0 Å². The Morgan fingerprint density at radius 3 is 1.74 bits per heavy atom. The van der Waals surface area contributed by atoms with Crippen LogP contribution in [0.2, 0.25) is 0 Å². The first-order chi connectivity index (χ1) is 17.1. The lowest BCUT2D eigenvalue weighted by Crippen LogP contribution is -2.34. The summed E-state index contributed by atoms with van der Waals surface area (Å²) >= 11 is 0. The molecule has 0 aliphatic carbocycles. The van der Waals surface area contributed by atoms with Crippen LogP contribution in [0.3, 0.4) is 0 Å². The largest absolute Gasteiger partial charge is 0.385 e. The highest BCUT2D eigenvalue weighted by molar-refractivity contribution is 5.94. The minimum atomic E-state index is 0.0375. The third kappa shape index (κ3) is 6.70. The number of hydrogen-bond donors (Lipinski definition) is 1. The van der Waals surface area contributed by atoms with E-state index in [1.54, 1.807) is 0 Å². The summed E-state index contributed by atoms with van der Waals surface area (Å²) in [6, 6.07) is 38.9. The quantitative estimate of drug-likeness (QED) is 0.283. The first-order valence-corrected chi connectivity index (χ1v) is 12.0. The Morgan fingerprint density at radius 2 is 1.23 bits per heavy atom. The number of carbonyl (C=O) groups excluding carboxylic acids is 1. The Morgan fingerprint density at radius 1 is 0.743 bits per heavy atom. The van der Waals surface area contributed by atoms with E-state index in [9.17, 15) is 4.79 Å². The van der Waals surface area contributed by atoms with Crippen molar-refractivity contribution < 1.29 is 4.79 Å². The third-order valence-corrected chi connectivity index (χ3v) is 6.11. The fraction of sp³-hybridized carbons (Fsp3) is 0.156. The van der Waals surface area contributed by atoms with Gasteiger partial charge in [0.25, 0.3) is 5.91 Å². The van der Waals surface area contributed by atoms with Gasteiger partial charge >= 0.3 is 0 Å². The molecule has 0 saturated heterocycles. The van der Waals surface area contributed by atoms with Crippen LogP contribution in [0.25, 0.3) is 0 Å². The van der Waals surface area contributed by atoms with Crippen LogP contribution in [0.4, 0.5) is 0 Å². The molecule has 1 amide bonds. The molecule has 0 aliphatic heterocycles. The van der Waals surface area contributed by atoms with E-state index in [1.165, 1.54) is 16.7 Å². The number of benzene rings is 4. The summed E-state index contributed by atoms with van der Waals surface area (Å²) in [5, 5.41) is 3.27. The van der Waals surface area contributed by atoms with Crippen LogP contribution in [-0.2, 0) is 13.1 Å². The standard InChI is InChI=1S/C32H32N2O/c1-25(2)33-22-26-18-20-27(21-19-26)23-34(32(35)30-16-10-5-11-17-30)24-31(28-12-6-3-7-13-28)29-14-8-4-9-15-29/h3-21,31,33H,1,22-24H2,2H3. The van der Waals surface area contributed by atoms with Crippen LogP contribution in [0.15, 0.2) is 128 Å². The van der Waals surface area contributed by atoms with Gasteiger partial charge in [0, 0.05) is 36.8 Å². The Hall–Kier alpha value is -4.11. The van der Waals surface area contributed by atoms with Crippen LogP contribution in [0, 0.1) is 0 Å². The summed E-state index contributed by atoms with van der Waals surface area (Å²) in [6.07, 6.45) is 0. The maximum atomic E-state index is 13.7. The van der Waals surface area contributed by atoms with E-state index < -0.39 is 0 Å². The van der Waals surface area contributed by atoms with Gasteiger partial charge in [0.15, 0.2) is 0 Å². The zero-order valence-electron chi connectivity index (χ0n) is 20.2. The number of nitrogens with one attached hydrogen (secondary N) is 1. The van der Waals surface area contributed by atoms with Gasteiger partial charge in [-0.3, -0.25) is 4.79 Å². The van der Waals surface area contributed by atoms with Crippen LogP contribution < -0.4 is 5.32 Å². The topological polar surface area (TPSA) is 32.3 Å². The van der Waals surface area contributed by atoms with Gasteiger partial charge in [-0.2, -0.15) is 0 Å². The highest BCUT2D eigenvalue weighted by atomic mass is 16.2. The van der Waals surface area contributed by atoms with Gasteiger partial charge < -0.3 is 10.2 Å². The molecule has 0 aromatic heterocycles. The summed E-state index contributed by atoms with van der Waals surface area (Å²) in [5.74, 6) is 0.111. The van der Waals surface area contributed by atoms with Gasteiger partial charge in [0.2, 0.25) is 0 Å². The lowest BCUT2D eigenvalue weighted by atomic mass is 9.90. The number of nitrogens with zero attached hydrogens (tertiary/aromatic N) is 1. The zero-order chi connectivity index (χ0) is 24.5. The molecule has 0 fully saturated rings. The Kier molecular flexibility index (Phi) is 8.13. The number of hydrogen-bond acceptors (Lipinski definition) is 2. The second-order valence-electron chi connectivity index (χ2n) is 8.88. The molecule has 3 heteroatoms. The summed E-state index contributed by atoms with van der Waals surface area (Å²) < 4.78 is 0. The van der Waals surface area contributed by atoms with Gasteiger partial charge in [-0.15, -0.1) is 0 Å². The monoisotopic (exact) mass is 460 g/mol. The highest BCUT2D eigenvalue weighted by Crippen LogP contribution is 2.27. The van der Waals surface area contributed by atoms with Crippen molar-refractivity contribution in [1.29, 1.82) is 0 Å². The Balaban J connectivity index is 1.63. The van der Waals surface area contributed by atoms with Crippen molar-refractivity contribution in [3.05, 3.63) is 155 Å². The third-order valence-electron chi connectivity index (χ3n) is 6.11. The predicted molar refractivity (Wildman–Crippen MR) is 144 cm³/mol. The van der Waals surface area contributed by atoms with Gasteiger partial charge in [0.05, 0.1) is 0 Å². The van der Waals surface area contributed by atoms with E-state index in [0.717, 1.165) is 17.8 Å². The van der Waals surface area contributed by atoms with Crippen LogP contribution in [-0.4, -0.2) is 17.4 Å². The van der Waals surface area contributed by atoms with Gasteiger partial charge in [-0.25, -0.2) is 0 Å². The van der Waals surface area contributed by atoms with E-state index in [1.807, 2.05) is 54.3 Å². The van der Waals surface area contributed by atoms with Crippen LogP contribution >= 0.6 is 0 Å².